The van der Waals surface area contributed by atoms with E-state index in [1.807, 2.05) is 6.07 Å². The number of benzene rings is 1. The zero-order valence-corrected chi connectivity index (χ0v) is 10.9. The maximum Gasteiger partial charge on any atom is 0.245 e. The zero-order valence-electron chi connectivity index (χ0n) is 10.9. The Bertz CT molecular complexity index is 639. The largest absolute Gasteiger partial charge is 0.379 e. The first-order valence-corrected chi connectivity index (χ1v) is 5.85. The smallest absolute Gasteiger partial charge is 0.245 e. The molecule has 7 N–H and O–H groups in total. The van der Waals surface area contributed by atoms with Crippen LogP contribution in [-0.4, -0.2) is 33.6 Å². The van der Waals surface area contributed by atoms with Crippen molar-refractivity contribution in [3.63, 3.8) is 0 Å². The predicted octanol–water partition coefficient (Wildman–Crippen LogP) is -0.913. The minimum atomic E-state index is -0.361. The molecule has 1 amide bonds. The second kappa shape index (κ2) is 6.34. The minimum absolute atomic E-state index is 0.0167. The molecule has 0 aliphatic carbocycles. The molecule has 1 aromatic carbocycles. The number of amides is 1. The maximum atomic E-state index is 11.9. The molecule has 21 heavy (non-hydrogen) atoms. The molecule has 0 saturated carbocycles. The summed E-state index contributed by atoms with van der Waals surface area (Å²) in [5.41, 5.74) is 6.23. The number of hydrazone groups is 1. The van der Waals surface area contributed by atoms with Crippen molar-refractivity contribution in [2.75, 3.05) is 17.6 Å². The van der Waals surface area contributed by atoms with Gasteiger partial charge < -0.3 is 16.9 Å². The standard InChI is InChI=1S/C11H14N8O2/c12-10-9(17-21-18-10)11(16-13)19(14)6-8(20)15-7-4-2-1-3-5-7/h1-5H,6,13-14H2,(H2,12,18)(H,15,20)/b16-11-. The molecule has 0 aliphatic rings. The van der Waals surface area contributed by atoms with Gasteiger partial charge >= 0.3 is 0 Å². The van der Waals surface area contributed by atoms with Gasteiger partial charge in [0.25, 0.3) is 0 Å². The van der Waals surface area contributed by atoms with E-state index in [0.717, 1.165) is 5.01 Å². The molecular weight excluding hydrogens is 276 g/mol. The van der Waals surface area contributed by atoms with Crippen molar-refractivity contribution in [3.8, 4) is 0 Å². The molecule has 1 aromatic heterocycles. The Balaban J connectivity index is 2.02. The summed E-state index contributed by atoms with van der Waals surface area (Å²) in [6, 6.07) is 8.92. The molecule has 0 unspecified atom stereocenters. The van der Waals surface area contributed by atoms with Crippen molar-refractivity contribution < 1.29 is 9.42 Å². The molecule has 2 aromatic rings. The van der Waals surface area contributed by atoms with Crippen molar-refractivity contribution in [2.45, 2.75) is 0 Å². The van der Waals surface area contributed by atoms with E-state index >= 15 is 0 Å². The van der Waals surface area contributed by atoms with Crippen LogP contribution in [0.1, 0.15) is 5.69 Å². The van der Waals surface area contributed by atoms with Gasteiger partial charge in [-0.1, -0.05) is 18.2 Å². The highest BCUT2D eigenvalue weighted by Crippen LogP contribution is 2.08. The fourth-order valence-electron chi connectivity index (χ4n) is 1.57. The number of amidine groups is 1. The molecule has 0 atom stereocenters. The van der Waals surface area contributed by atoms with Gasteiger partial charge in [0, 0.05) is 5.69 Å². The number of carbonyl (C=O) groups is 1. The molecule has 0 aliphatic heterocycles. The van der Waals surface area contributed by atoms with Crippen LogP contribution in [0, 0.1) is 0 Å². The Morgan fingerprint density at radius 1 is 1.33 bits per heavy atom. The topological polar surface area (TPSA) is 162 Å². The van der Waals surface area contributed by atoms with Gasteiger partial charge in [0.05, 0.1) is 0 Å². The lowest BCUT2D eigenvalue weighted by Gasteiger charge is -2.17. The van der Waals surface area contributed by atoms with E-state index in [1.165, 1.54) is 0 Å². The van der Waals surface area contributed by atoms with Crippen molar-refractivity contribution in [1.29, 1.82) is 0 Å². The average molecular weight is 290 g/mol. The monoisotopic (exact) mass is 290 g/mol. The van der Waals surface area contributed by atoms with Gasteiger partial charge in [-0.3, -0.25) is 9.80 Å². The van der Waals surface area contributed by atoms with Gasteiger partial charge in [0.2, 0.25) is 5.91 Å². The normalized spacial score (nSPS) is 11.2. The van der Waals surface area contributed by atoms with E-state index in [-0.39, 0.29) is 29.8 Å². The van der Waals surface area contributed by atoms with Gasteiger partial charge in [-0.05, 0) is 22.4 Å². The first-order valence-electron chi connectivity index (χ1n) is 5.85. The molecule has 110 valence electrons. The summed E-state index contributed by atoms with van der Waals surface area (Å²) in [7, 11) is 0. The van der Waals surface area contributed by atoms with Crippen LogP contribution in [0.4, 0.5) is 11.5 Å². The van der Waals surface area contributed by atoms with E-state index in [4.69, 9.17) is 17.4 Å². The third kappa shape index (κ3) is 3.45. The Morgan fingerprint density at radius 3 is 2.62 bits per heavy atom. The molecule has 0 fully saturated rings. The first kappa shape index (κ1) is 14.3. The van der Waals surface area contributed by atoms with Gasteiger partial charge in [-0.15, -0.1) is 0 Å². The number of anilines is 2. The van der Waals surface area contributed by atoms with Crippen LogP contribution in [0.5, 0.6) is 0 Å². The van der Waals surface area contributed by atoms with E-state index in [1.54, 1.807) is 24.3 Å². The van der Waals surface area contributed by atoms with E-state index < -0.39 is 0 Å². The second-order valence-electron chi connectivity index (χ2n) is 3.99. The number of hydrazine groups is 1. The number of rotatable bonds is 4. The second-order valence-corrected chi connectivity index (χ2v) is 3.99. The SMILES string of the molecule is N/N=C(/c1nonc1N)N(N)CC(=O)Nc1ccccc1. The number of nitrogen functional groups attached to an aromatic ring is 1. The first-order chi connectivity index (χ1) is 10.1. The fraction of sp³-hybridized carbons (Fsp3) is 0.0909. The molecule has 10 nitrogen and oxygen atoms in total. The third-order valence-electron chi connectivity index (χ3n) is 2.49. The number of nitrogens with two attached hydrogens (primary N) is 3. The van der Waals surface area contributed by atoms with Crippen LogP contribution >= 0.6 is 0 Å². The highest BCUT2D eigenvalue weighted by Gasteiger charge is 2.20. The summed E-state index contributed by atoms with van der Waals surface area (Å²) < 4.78 is 4.43. The molecule has 0 bridgehead atoms. The molecule has 0 radical (unpaired) electrons. The van der Waals surface area contributed by atoms with Gasteiger partial charge in [0.15, 0.2) is 17.3 Å². The number of para-hydroxylation sites is 1. The lowest BCUT2D eigenvalue weighted by Crippen LogP contribution is -2.44. The predicted molar refractivity (Wildman–Crippen MR) is 75.4 cm³/mol. The summed E-state index contributed by atoms with van der Waals surface area (Å²) in [5, 5.41) is 14.0. The summed E-state index contributed by atoms with van der Waals surface area (Å²) in [6.45, 7) is -0.211. The average Bonchev–Trinajstić information content (AvgIpc) is 2.87. The van der Waals surface area contributed by atoms with Crippen molar-refractivity contribution in [3.05, 3.63) is 36.0 Å². The van der Waals surface area contributed by atoms with E-state index in [0.29, 0.717) is 5.69 Å². The summed E-state index contributed by atoms with van der Waals surface area (Å²) >= 11 is 0. The van der Waals surface area contributed by atoms with Crippen LogP contribution in [0.25, 0.3) is 0 Å². The van der Waals surface area contributed by atoms with Crippen LogP contribution in [0.2, 0.25) is 0 Å². The molecular formula is C11H14N8O2. The van der Waals surface area contributed by atoms with Gasteiger partial charge in [0.1, 0.15) is 6.54 Å². The van der Waals surface area contributed by atoms with E-state index in [2.05, 4.69) is 25.4 Å². The molecule has 2 rings (SSSR count). The number of nitrogens with one attached hydrogen (secondary N) is 1. The van der Waals surface area contributed by atoms with Gasteiger partial charge in [-0.25, -0.2) is 10.5 Å². The number of nitrogens with zero attached hydrogens (tertiary/aromatic N) is 4. The van der Waals surface area contributed by atoms with E-state index in [9.17, 15) is 4.79 Å². The Kier molecular flexibility index (Phi) is 4.31. The summed E-state index contributed by atoms with van der Waals surface area (Å²) in [5.74, 6) is 10.6. The number of aromatic nitrogens is 2. The quantitative estimate of drug-likeness (QED) is 0.243. The Labute approximate surface area is 119 Å². The van der Waals surface area contributed by atoms with Crippen LogP contribution in [-0.2, 0) is 4.79 Å². The van der Waals surface area contributed by atoms with Gasteiger partial charge in [-0.2, -0.15) is 5.10 Å². The zero-order chi connectivity index (χ0) is 15.2. The maximum absolute atomic E-state index is 11.9. The fourth-order valence-corrected chi connectivity index (χ4v) is 1.57. The van der Waals surface area contributed by atoms with Crippen molar-refractivity contribution in [2.24, 2.45) is 16.8 Å². The lowest BCUT2D eigenvalue weighted by atomic mass is 10.3. The number of carbonyl (C=O) groups excluding carboxylic acids is 1. The van der Waals surface area contributed by atoms with Crippen LogP contribution < -0.4 is 22.7 Å². The Morgan fingerprint density at radius 2 is 2.05 bits per heavy atom. The highest BCUT2D eigenvalue weighted by atomic mass is 16.6. The molecule has 1 heterocycles. The Hall–Kier alpha value is -3.14. The van der Waals surface area contributed by atoms with Crippen LogP contribution in [0.3, 0.4) is 0 Å². The molecule has 0 saturated heterocycles. The third-order valence-corrected chi connectivity index (χ3v) is 2.49. The molecule has 10 heteroatoms. The summed E-state index contributed by atoms with van der Waals surface area (Å²) in [4.78, 5) is 11.9. The lowest BCUT2D eigenvalue weighted by molar-refractivity contribution is -0.116. The van der Waals surface area contributed by atoms with Crippen molar-refractivity contribution in [1.82, 2.24) is 15.3 Å². The van der Waals surface area contributed by atoms with Crippen LogP contribution in [0.15, 0.2) is 40.1 Å². The molecule has 0 spiro atoms. The highest BCUT2D eigenvalue weighted by molar-refractivity contribution is 6.02. The number of hydrogen-bond donors (Lipinski definition) is 4. The minimum Gasteiger partial charge on any atom is -0.379 e. The number of hydrogen-bond acceptors (Lipinski definition) is 8. The summed E-state index contributed by atoms with van der Waals surface area (Å²) in [6.07, 6.45) is 0. The van der Waals surface area contributed by atoms with Crippen molar-refractivity contribution >= 4 is 23.2 Å².